The summed E-state index contributed by atoms with van der Waals surface area (Å²) in [5, 5.41) is 3.45. The molecule has 0 fully saturated rings. The van der Waals surface area contributed by atoms with Gasteiger partial charge in [0.2, 0.25) is 0 Å². The molecule has 0 aromatic carbocycles. The van der Waals surface area contributed by atoms with Crippen LogP contribution in [-0.4, -0.2) is 25.8 Å². The summed E-state index contributed by atoms with van der Waals surface area (Å²) in [6, 6.07) is 0.624. The molecule has 0 saturated heterocycles. The van der Waals surface area contributed by atoms with Crippen LogP contribution in [0, 0.1) is 5.92 Å². The van der Waals surface area contributed by atoms with Gasteiger partial charge >= 0.3 is 0 Å². The summed E-state index contributed by atoms with van der Waals surface area (Å²) < 4.78 is 5.68. The lowest BCUT2D eigenvalue weighted by Crippen LogP contribution is -2.23. The Balaban J connectivity index is 3.03. The van der Waals surface area contributed by atoms with Gasteiger partial charge in [0.1, 0.15) is 0 Å². The van der Waals surface area contributed by atoms with Crippen LogP contribution in [-0.2, 0) is 4.74 Å². The zero-order chi connectivity index (χ0) is 12.9. The van der Waals surface area contributed by atoms with Crippen LogP contribution in [0.2, 0.25) is 0 Å². The molecule has 0 heterocycles. The highest BCUT2D eigenvalue weighted by atomic mass is 16.5. The Hall–Kier alpha value is -0.0800. The van der Waals surface area contributed by atoms with Crippen LogP contribution in [0.5, 0.6) is 0 Å². The third-order valence-corrected chi connectivity index (χ3v) is 2.95. The van der Waals surface area contributed by atoms with Crippen molar-refractivity contribution in [3.8, 4) is 0 Å². The van der Waals surface area contributed by atoms with Gasteiger partial charge in [-0.3, -0.25) is 0 Å². The van der Waals surface area contributed by atoms with Crippen LogP contribution in [0.4, 0.5) is 0 Å². The molecular formula is C15H33NO. The number of hydrogen-bond donors (Lipinski definition) is 1. The van der Waals surface area contributed by atoms with Crippen molar-refractivity contribution in [2.24, 2.45) is 5.92 Å². The molecule has 0 radical (unpaired) electrons. The van der Waals surface area contributed by atoms with E-state index in [0.29, 0.717) is 6.04 Å². The van der Waals surface area contributed by atoms with Gasteiger partial charge in [0, 0.05) is 19.3 Å². The van der Waals surface area contributed by atoms with E-state index in [-0.39, 0.29) is 0 Å². The monoisotopic (exact) mass is 243 g/mol. The lowest BCUT2D eigenvalue weighted by atomic mass is 10.1. The van der Waals surface area contributed by atoms with E-state index in [0.717, 1.165) is 25.7 Å². The third kappa shape index (κ3) is 13.9. The maximum atomic E-state index is 5.68. The minimum atomic E-state index is 0.624. The quantitative estimate of drug-likeness (QED) is 0.523. The molecule has 2 heteroatoms. The zero-order valence-corrected chi connectivity index (χ0v) is 12.4. The molecule has 17 heavy (non-hydrogen) atoms. The number of rotatable bonds is 12. The summed E-state index contributed by atoms with van der Waals surface area (Å²) in [5.41, 5.74) is 0. The highest BCUT2D eigenvalue weighted by molar-refractivity contribution is 4.53. The Morgan fingerprint density at radius 2 is 1.71 bits per heavy atom. The molecule has 0 rings (SSSR count). The van der Waals surface area contributed by atoms with Crippen LogP contribution < -0.4 is 5.32 Å². The lowest BCUT2D eigenvalue weighted by Gasteiger charge is -2.10. The van der Waals surface area contributed by atoms with Gasteiger partial charge in [-0.2, -0.15) is 0 Å². The molecule has 1 N–H and O–H groups in total. The molecule has 0 aliphatic heterocycles. The summed E-state index contributed by atoms with van der Waals surface area (Å²) in [4.78, 5) is 0. The molecule has 0 aliphatic carbocycles. The minimum Gasteiger partial charge on any atom is -0.381 e. The number of ether oxygens (including phenoxy) is 1. The molecular weight excluding hydrogens is 210 g/mol. The van der Waals surface area contributed by atoms with Crippen LogP contribution in [0.25, 0.3) is 0 Å². The van der Waals surface area contributed by atoms with E-state index in [4.69, 9.17) is 4.74 Å². The normalized spacial score (nSPS) is 13.2. The van der Waals surface area contributed by atoms with E-state index in [1.807, 2.05) is 0 Å². The zero-order valence-electron chi connectivity index (χ0n) is 12.4. The number of hydrogen-bond acceptors (Lipinski definition) is 2. The summed E-state index contributed by atoms with van der Waals surface area (Å²) in [6.45, 7) is 12.0. The van der Waals surface area contributed by atoms with E-state index in [1.165, 1.54) is 38.5 Å². The fraction of sp³-hybridized carbons (Fsp3) is 1.00. The van der Waals surface area contributed by atoms with Crippen molar-refractivity contribution in [2.45, 2.75) is 72.3 Å². The van der Waals surface area contributed by atoms with E-state index in [1.54, 1.807) is 0 Å². The average molecular weight is 243 g/mol. The van der Waals surface area contributed by atoms with Gasteiger partial charge in [0.15, 0.2) is 0 Å². The van der Waals surface area contributed by atoms with Gasteiger partial charge in [0.25, 0.3) is 0 Å². The highest BCUT2D eigenvalue weighted by Gasteiger charge is 2.00. The Kier molecular flexibility index (Phi) is 12.3. The first-order chi connectivity index (χ1) is 8.16. The first-order valence-corrected chi connectivity index (χ1v) is 7.48. The molecule has 0 amide bonds. The number of unbranched alkanes of at least 4 members (excludes halogenated alkanes) is 3. The molecule has 0 spiro atoms. The standard InChI is InChI=1S/C15H33NO/c1-5-10-15(4)13-17-12-9-7-6-8-11-16-14(2)3/h14-16H,5-13H2,1-4H3. The van der Waals surface area contributed by atoms with Crippen molar-refractivity contribution in [1.29, 1.82) is 0 Å². The molecule has 1 unspecified atom stereocenters. The molecule has 0 bridgehead atoms. The van der Waals surface area contributed by atoms with Crippen LogP contribution in [0.15, 0.2) is 0 Å². The Morgan fingerprint density at radius 3 is 2.35 bits per heavy atom. The second-order valence-electron chi connectivity index (χ2n) is 5.49. The van der Waals surface area contributed by atoms with Gasteiger partial charge in [-0.25, -0.2) is 0 Å². The van der Waals surface area contributed by atoms with Crippen LogP contribution in [0.3, 0.4) is 0 Å². The van der Waals surface area contributed by atoms with Crippen LogP contribution >= 0.6 is 0 Å². The van der Waals surface area contributed by atoms with Gasteiger partial charge in [-0.05, 0) is 31.7 Å². The smallest absolute Gasteiger partial charge is 0.0491 e. The lowest BCUT2D eigenvalue weighted by molar-refractivity contribution is 0.0983. The second kappa shape index (κ2) is 12.4. The molecule has 0 aliphatic rings. The first-order valence-electron chi connectivity index (χ1n) is 7.48. The fourth-order valence-corrected chi connectivity index (χ4v) is 1.93. The molecule has 104 valence electrons. The summed E-state index contributed by atoms with van der Waals surface area (Å²) in [5.74, 6) is 0.732. The van der Waals surface area contributed by atoms with E-state index in [2.05, 4.69) is 33.0 Å². The van der Waals surface area contributed by atoms with Crippen molar-refractivity contribution >= 4 is 0 Å². The fourth-order valence-electron chi connectivity index (χ4n) is 1.93. The maximum Gasteiger partial charge on any atom is 0.0491 e. The SMILES string of the molecule is CCCC(C)COCCCCCCNC(C)C. The topological polar surface area (TPSA) is 21.3 Å². The van der Waals surface area contributed by atoms with Gasteiger partial charge < -0.3 is 10.1 Å². The van der Waals surface area contributed by atoms with Crippen molar-refractivity contribution in [2.75, 3.05) is 19.8 Å². The van der Waals surface area contributed by atoms with Gasteiger partial charge in [-0.1, -0.05) is 47.0 Å². The molecule has 0 saturated carbocycles. The molecule has 0 aromatic heterocycles. The van der Waals surface area contributed by atoms with Crippen molar-refractivity contribution in [3.63, 3.8) is 0 Å². The van der Waals surface area contributed by atoms with Crippen LogP contribution in [0.1, 0.15) is 66.2 Å². The van der Waals surface area contributed by atoms with E-state index < -0.39 is 0 Å². The molecule has 1 atom stereocenters. The average Bonchev–Trinajstić information content (AvgIpc) is 2.27. The summed E-state index contributed by atoms with van der Waals surface area (Å²) in [7, 11) is 0. The molecule has 2 nitrogen and oxygen atoms in total. The van der Waals surface area contributed by atoms with Crippen molar-refractivity contribution < 1.29 is 4.74 Å². The first kappa shape index (κ1) is 16.9. The largest absolute Gasteiger partial charge is 0.381 e. The summed E-state index contributed by atoms with van der Waals surface area (Å²) >= 11 is 0. The third-order valence-electron chi connectivity index (χ3n) is 2.95. The minimum absolute atomic E-state index is 0.624. The van der Waals surface area contributed by atoms with Gasteiger partial charge in [-0.15, -0.1) is 0 Å². The predicted molar refractivity (Wildman–Crippen MR) is 76.5 cm³/mol. The number of nitrogens with one attached hydrogen (secondary N) is 1. The van der Waals surface area contributed by atoms with E-state index >= 15 is 0 Å². The maximum absolute atomic E-state index is 5.68. The van der Waals surface area contributed by atoms with Crippen molar-refractivity contribution in [3.05, 3.63) is 0 Å². The molecule has 0 aromatic rings. The summed E-state index contributed by atoms with van der Waals surface area (Å²) in [6.07, 6.45) is 7.72. The Bertz CT molecular complexity index is 148. The van der Waals surface area contributed by atoms with Gasteiger partial charge in [0.05, 0.1) is 0 Å². The predicted octanol–water partition coefficient (Wildman–Crippen LogP) is 4.00. The van der Waals surface area contributed by atoms with Crippen molar-refractivity contribution in [1.82, 2.24) is 5.32 Å². The highest BCUT2D eigenvalue weighted by Crippen LogP contribution is 2.06. The Morgan fingerprint density at radius 1 is 1.00 bits per heavy atom. The van der Waals surface area contributed by atoms with E-state index in [9.17, 15) is 0 Å². The second-order valence-corrected chi connectivity index (χ2v) is 5.49. The Labute approximate surface area is 109 Å².